The lowest BCUT2D eigenvalue weighted by Gasteiger charge is -2.24. The van der Waals surface area contributed by atoms with Crippen LogP contribution in [0.5, 0.6) is 0 Å². The predicted molar refractivity (Wildman–Crippen MR) is 69.0 cm³/mol. The fourth-order valence-electron chi connectivity index (χ4n) is 2.33. The van der Waals surface area contributed by atoms with Gasteiger partial charge in [-0.05, 0) is 26.2 Å². The molecule has 2 rings (SSSR count). The van der Waals surface area contributed by atoms with E-state index in [1.807, 2.05) is 20.8 Å². The molecule has 2 atom stereocenters. The van der Waals surface area contributed by atoms with Crippen LogP contribution in [0.2, 0.25) is 0 Å². The normalized spacial score (nSPS) is 25.7. The Kier molecular flexibility index (Phi) is 3.90. The average Bonchev–Trinajstić information content (AvgIpc) is 3.04. The molecular formula is C13H23N3O2. The van der Waals surface area contributed by atoms with Crippen molar-refractivity contribution in [2.24, 2.45) is 0 Å². The molecule has 5 nitrogen and oxygen atoms in total. The van der Waals surface area contributed by atoms with Gasteiger partial charge in [0.1, 0.15) is 6.04 Å². The second-order valence-corrected chi connectivity index (χ2v) is 5.65. The standard InChI is InChI=1S/C13H23N3O2/c1-8(2)14-11-6-7-16(13(11)18)9(3)12(17)15-10-4-5-10/h8-11,14H,4-7H2,1-3H3,(H,15,17). The Morgan fingerprint density at radius 3 is 2.50 bits per heavy atom. The van der Waals surface area contributed by atoms with Gasteiger partial charge in [-0.15, -0.1) is 0 Å². The minimum Gasteiger partial charge on any atom is -0.352 e. The van der Waals surface area contributed by atoms with Crippen LogP contribution in [0.15, 0.2) is 0 Å². The number of nitrogens with one attached hydrogen (secondary N) is 2. The molecule has 2 N–H and O–H groups in total. The topological polar surface area (TPSA) is 61.4 Å². The van der Waals surface area contributed by atoms with E-state index in [1.165, 1.54) is 0 Å². The summed E-state index contributed by atoms with van der Waals surface area (Å²) in [5.41, 5.74) is 0. The van der Waals surface area contributed by atoms with E-state index in [4.69, 9.17) is 0 Å². The molecule has 2 unspecified atom stereocenters. The van der Waals surface area contributed by atoms with Gasteiger partial charge < -0.3 is 15.5 Å². The van der Waals surface area contributed by atoms with Crippen molar-refractivity contribution in [3.8, 4) is 0 Å². The predicted octanol–water partition coefficient (Wildman–Crippen LogP) is 0.252. The molecule has 0 bridgehead atoms. The minimum absolute atomic E-state index is 0.0175. The number of hydrogen-bond acceptors (Lipinski definition) is 3. The molecule has 1 aliphatic carbocycles. The number of likely N-dealkylation sites (tertiary alicyclic amines) is 1. The van der Waals surface area contributed by atoms with Gasteiger partial charge in [0.2, 0.25) is 11.8 Å². The molecule has 0 aromatic heterocycles. The maximum atomic E-state index is 12.2. The van der Waals surface area contributed by atoms with Crippen LogP contribution in [0.3, 0.4) is 0 Å². The SMILES string of the molecule is CC(C)NC1CCN(C(C)C(=O)NC2CC2)C1=O. The largest absolute Gasteiger partial charge is 0.352 e. The smallest absolute Gasteiger partial charge is 0.242 e. The summed E-state index contributed by atoms with van der Waals surface area (Å²) < 4.78 is 0. The van der Waals surface area contributed by atoms with Gasteiger partial charge in [-0.1, -0.05) is 13.8 Å². The van der Waals surface area contributed by atoms with Gasteiger partial charge in [-0.3, -0.25) is 9.59 Å². The number of hydrogen-bond donors (Lipinski definition) is 2. The average molecular weight is 253 g/mol. The molecule has 18 heavy (non-hydrogen) atoms. The van der Waals surface area contributed by atoms with Crippen LogP contribution in [0.25, 0.3) is 0 Å². The highest BCUT2D eigenvalue weighted by atomic mass is 16.2. The van der Waals surface area contributed by atoms with Crippen molar-refractivity contribution in [2.45, 2.75) is 64.2 Å². The first kappa shape index (κ1) is 13.3. The zero-order chi connectivity index (χ0) is 13.3. The summed E-state index contributed by atoms with van der Waals surface area (Å²) in [6.07, 6.45) is 2.94. The van der Waals surface area contributed by atoms with Crippen molar-refractivity contribution in [2.75, 3.05) is 6.54 Å². The van der Waals surface area contributed by atoms with Gasteiger partial charge in [0.15, 0.2) is 0 Å². The van der Waals surface area contributed by atoms with Gasteiger partial charge >= 0.3 is 0 Å². The molecule has 0 aromatic carbocycles. The Labute approximate surface area is 108 Å². The van der Waals surface area contributed by atoms with Gasteiger partial charge in [0, 0.05) is 18.6 Å². The van der Waals surface area contributed by atoms with E-state index in [9.17, 15) is 9.59 Å². The molecular weight excluding hydrogens is 230 g/mol. The van der Waals surface area contributed by atoms with Gasteiger partial charge in [-0.25, -0.2) is 0 Å². The number of carbonyl (C=O) groups excluding carboxylic acids is 2. The summed E-state index contributed by atoms with van der Waals surface area (Å²) in [7, 11) is 0. The summed E-state index contributed by atoms with van der Waals surface area (Å²) in [5.74, 6) is 0.0400. The maximum Gasteiger partial charge on any atom is 0.242 e. The lowest BCUT2D eigenvalue weighted by molar-refractivity contribution is -0.137. The Morgan fingerprint density at radius 2 is 1.94 bits per heavy atom. The lowest BCUT2D eigenvalue weighted by atomic mass is 10.2. The van der Waals surface area contributed by atoms with Crippen molar-refractivity contribution < 1.29 is 9.59 Å². The monoisotopic (exact) mass is 253 g/mol. The second-order valence-electron chi connectivity index (χ2n) is 5.65. The fourth-order valence-corrected chi connectivity index (χ4v) is 2.33. The van der Waals surface area contributed by atoms with Crippen molar-refractivity contribution in [1.82, 2.24) is 15.5 Å². The van der Waals surface area contributed by atoms with Crippen molar-refractivity contribution in [1.29, 1.82) is 0 Å². The lowest BCUT2D eigenvalue weighted by Crippen LogP contribution is -2.49. The van der Waals surface area contributed by atoms with Crippen LogP contribution in [-0.4, -0.2) is 47.4 Å². The van der Waals surface area contributed by atoms with Crippen LogP contribution in [0, 0.1) is 0 Å². The van der Waals surface area contributed by atoms with Crippen LogP contribution in [-0.2, 0) is 9.59 Å². The summed E-state index contributed by atoms with van der Waals surface area (Å²) in [6, 6.07) is 0.162. The highest BCUT2D eigenvalue weighted by Gasteiger charge is 2.37. The third-order valence-electron chi connectivity index (χ3n) is 3.55. The van der Waals surface area contributed by atoms with E-state index in [0.29, 0.717) is 12.6 Å². The Morgan fingerprint density at radius 1 is 1.28 bits per heavy atom. The molecule has 1 saturated carbocycles. The summed E-state index contributed by atoms with van der Waals surface area (Å²) in [4.78, 5) is 25.8. The van der Waals surface area contributed by atoms with Crippen LogP contribution in [0.4, 0.5) is 0 Å². The highest BCUT2D eigenvalue weighted by molar-refractivity contribution is 5.91. The van der Waals surface area contributed by atoms with Gasteiger partial charge in [0.25, 0.3) is 0 Å². The summed E-state index contributed by atoms with van der Waals surface area (Å²) >= 11 is 0. The van der Waals surface area contributed by atoms with E-state index in [2.05, 4.69) is 10.6 Å². The molecule has 1 aliphatic heterocycles. The Balaban J connectivity index is 1.88. The summed E-state index contributed by atoms with van der Waals surface area (Å²) in [5, 5.41) is 6.20. The van der Waals surface area contributed by atoms with Crippen LogP contribution in [0.1, 0.15) is 40.0 Å². The zero-order valence-electron chi connectivity index (χ0n) is 11.4. The molecule has 0 spiro atoms. The fraction of sp³-hybridized carbons (Fsp3) is 0.846. The number of rotatable bonds is 5. The molecule has 1 saturated heterocycles. The molecule has 102 valence electrons. The molecule has 1 heterocycles. The molecule has 2 amide bonds. The first-order valence-corrected chi connectivity index (χ1v) is 6.86. The molecule has 2 fully saturated rings. The van der Waals surface area contributed by atoms with Gasteiger partial charge in [0.05, 0.1) is 6.04 Å². The highest BCUT2D eigenvalue weighted by Crippen LogP contribution is 2.20. The van der Waals surface area contributed by atoms with E-state index >= 15 is 0 Å². The zero-order valence-corrected chi connectivity index (χ0v) is 11.4. The first-order valence-electron chi connectivity index (χ1n) is 6.86. The Hall–Kier alpha value is -1.10. The first-order chi connectivity index (χ1) is 8.49. The number of nitrogens with zero attached hydrogens (tertiary/aromatic N) is 1. The van der Waals surface area contributed by atoms with E-state index in [-0.39, 0.29) is 29.9 Å². The van der Waals surface area contributed by atoms with Crippen LogP contribution < -0.4 is 10.6 Å². The molecule has 2 aliphatic rings. The van der Waals surface area contributed by atoms with Crippen molar-refractivity contribution >= 4 is 11.8 Å². The number of amides is 2. The minimum atomic E-state index is -0.350. The molecule has 5 heteroatoms. The van der Waals surface area contributed by atoms with E-state index in [1.54, 1.807) is 4.90 Å². The van der Waals surface area contributed by atoms with Crippen molar-refractivity contribution in [3.63, 3.8) is 0 Å². The molecule has 0 radical (unpaired) electrons. The summed E-state index contributed by atoms with van der Waals surface area (Å²) in [6.45, 7) is 6.54. The van der Waals surface area contributed by atoms with Gasteiger partial charge in [-0.2, -0.15) is 0 Å². The van der Waals surface area contributed by atoms with E-state index < -0.39 is 0 Å². The van der Waals surface area contributed by atoms with Crippen molar-refractivity contribution in [3.05, 3.63) is 0 Å². The third kappa shape index (κ3) is 3.02. The Bertz CT molecular complexity index is 339. The van der Waals surface area contributed by atoms with Crippen LogP contribution >= 0.6 is 0 Å². The van der Waals surface area contributed by atoms with E-state index in [0.717, 1.165) is 19.3 Å². The number of carbonyl (C=O) groups is 2. The maximum absolute atomic E-state index is 12.2. The second kappa shape index (κ2) is 5.26. The third-order valence-corrected chi connectivity index (χ3v) is 3.55. The molecule has 0 aromatic rings. The quantitative estimate of drug-likeness (QED) is 0.738.